The Kier molecular flexibility index (Phi) is 7.29. The first-order chi connectivity index (χ1) is 10.9. The minimum atomic E-state index is 0.153. The van der Waals surface area contributed by atoms with Crippen molar-refractivity contribution in [1.29, 1.82) is 0 Å². The maximum absolute atomic E-state index is 8.67. The normalized spacial score (nSPS) is 10.4. The van der Waals surface area contributed by atoms with Gasteiger partial charge >= 0.3 is 0 Å². The molecule has 118 valence electrons. The predicted molar refractivity (Wildman–Crippen MR) is 85.2 cm³/mol. The molecule has 0 saturated carbocycles. The van der Waals surface area contributed by atoms with Gasteiger partial charge in [-0.2, -0.15) is 0 Å². The van der Waals surface area contributed by atoms with Crippen molar-refractivity contribution >= 4 is 0 Å². The fourth-order valence-electron chi connectivity index (χ4n) is 1.92. The molecule has 0 saturated heterocycles. The van der Waals surface area contributed by atoms with Crippen molar-refractivity contribution < 1.29 is 19.3 Å². The molecule has 0 fully saturated rings. The van der Waals surface area contributed by atoms with E-state index in [9.17, 15) is 0 Å². The molecule has 0 atom stereocenters. The molecule has 0 radical (unpaired) electrons. The van der Waals surface area contributed by atoms with E-state index >= 15 is 0 Å². The lowest BCUT2D eigenvalue weighted by molar-refractivity contribution is 0.0877. The van der Waals surface area contributed by atoms with Crippen LogP contribution in [0.4, 0.5) is 0 Å². The van der Waals surface area contributed by atoms with Gasteiger partial charge in [0.05, 0.1) is 6.61 Å². The molecule has 22 heavy (non-hydrogen) atoms. The number of benzene rings is 2. The first-order valence-corrected chi connectivity index (χ1v) is 7.47. The van der Waals surface area contributed by atoms with Gasteiger partial charge in [0.2, 0.25) is 0 Å². The van der Waals surface area contributed by atoms with Gasteiger partial charge in [-0.15, -0.1) is 0 Å². The van der Waals surface area contributed by atoms with Gasteiger partial charge in [-0.3, -0.25) is 0 Å². The largest absolute Gasteiger partial charge is 0.491 e. The van der Waals surface area contributed by atoms with Crippen molar-refractivity contribution in [2.24, 2.45) is 0 Å². The van der Waals surface area contributed by atoms with E-state index in [1.165, 1.54) is 0 Å². The zero-order valence-corrected chi connectivity index (χ0v) is 12.6. The van der Waals surface area contributed by atoms with Gasteiger partial charge in [0, 0.05) is 18.8 Å². The zero-order chi connectivity index (χ0) is 15.5. The third-order valence-corrected chi connectivity index (χ3v) is 3.04. The number of hydrogen-bond acceptors (Lipinski definition) is 4. The Morgan fingerprint density at radius 3 is 2.36 bits per heavy atom. The molecule has 2 aromatic carbocycles. The van der Waals surface area contributed by atoms with E-state index in [0.717, 1.165) is 17.1 Å². The van der Waals surface area contributed by atoms with E-state index in [0.29, 0.717) is 32.8 Å². The first kappa shape index (κ1) is 16.3. The second-order valence-corrected chi connectivity index (χ2v) is 4.75. The van der Waals surface area contributed by atoms with Crippen molar-refractivity contribution in [3.8, 4) is 11.5 Å². The fourth-order valence-corrected chi connectivity index (χ4v) is 1.92. The molecular weight excluding hydrogens is 280 g/mol. The summed E-state index contributed by atoms with van der Waals surface area (Å²) in [5.74, 6) is 1.65. The van der Waals surface area contributed by atoms with Crippen LogP contribution in [0.15, 0.2) is 54.6 Å². The van der Waals surface area contributed by atoms with Gasteiger partial charge in [-0.05, 0) is 24.6 Å². The van der Waals surface area contributed by atoms with Crippen LogP contribution in [0.2, 0.25) is 0 Å². The highest BCUT2D eigenvalue weighted by Gasteiger charge is 2.04. The molecule has 4 heteroatoms. The van der Waals surface area contributed by atoms with Crippen molar-refractivity contribution in [3.05, 3.63) is 60.2 Å². The van der Waals surface area contributed by atoms with Crippen molar-refractivity contribution in [2.75, 3.05) is 26.4 Å². The minimum Gasteiger partial charge on any atom is -0.491 e. The maximum Gasteiger partial charge on any atom is 0.126 e. The van der Waals surface area contributed by atoms with Gasteiger partial charge in [0.1, 0.15) is 24.7 Å². The number of hydrogen-bond donors (Lipinski definition) is 1. The number of para-hydroxylation sites is 2. The Balaban J connectivity index is 1.79. The lowest BCUT2D eigenvalue weighted by atomic mass is 10.2. The maximum atomic E-state index is 8.67. The van der Waals surface area contributed by atoms with Crippen molar-refractivity contribution in [2.45, 2.75) is 13.0 Å². The van der Waals surface area contributed by atoms with Crippen LogP contribution in [-0.2, 0) is 11.3 Å². The van der Waals surface area contributed by atoms with Gasteiger partial charge in [0.25, 0.3) is 0 Å². The highest BCUT2D eigenvalue weighted by Crippen LogP contribution is 2.20. The van der Waals surface area contributed by atoms with Crippen LogP contribution in [0.25, 0.3) is 0 Å². The van der Waals surface area contributed by atoms with E-state index in [1.54, 1.807) is 0 Å². The van der Waals surface area contributed by atoms with Gasteiger partial charge in [0.15, 0.2) is 0 Å². The molecule has 0 amide bonds. The molecular formula is C18H22O4. The quantitative estimate of drug-likeness (QED) is 0.685. The van der Waals surface area contributed by atoms with E-state index in [2.05, 4.69) is 0 Å². The van der Waals surface area contributed by atoms with Gasteiger partial charge in [-0.25, -0.2) is 0 Å². The SMILES string of the molecule is OCCCOCCOc1ccccc1COc1ccccc1. The summed E-state index contributed by atoms with van der Waals surface area (Å²) < 4.78 is 16.8. The lowest BCUT2D eigenvalue weighted by Gasteiger charge is -2.12. The van der Waals surface area contributed by atoms with E-state index in [-0.39, 0.29) is 6.61 Å². The number of aliphatic hydroxyl groups is 1. The van der Waals surface area contributed by atoms with E-state index in [1.807, 2.05) is 54.6 Å². The molecule has 0 aliphatic carbocycles. The average Bonchev–Trinajstić information content (AvgIpc) is 2.58. The lowest BCUT2D eigenvalue weighted by Crippen LogP contribution is -2.09. The summed E-state index contributed by atoms with van der Waals surface area (Å²) in [7, 11) is 0. The molecule has 0 aliphatic heterocycles. The summed E-state index contributed by atoms with van der Waals surface area (Å²) in [6.45, 7) is 2.16. The van der Waals surface area contributed by atoms with Gasteiger partial charge < -0.3 is 19.3 Å². The first-order valence-electron chi connectivity index (χ1n) is 7.47. The summed E-state index contributed by atoms with van der Waals surface area (Å²) in [6.07, 6.45) is 0.654. The highest BCUT2D eigenvalue weighted by molar-refractivity contribution is 5.33. The Hall–Kier alpha value is -2.04. The third-order valence-electron chi connectivity index (χ3n) is 3.04. The minimum absolute atomic E-state index is 0.153. The Morgan fingerprint density at radius 2 is 1.55 bits per heavy atom. The zero-order valence-electron chi connectivity index (χ0n) is 12.6. The summed E-state index contributed by atoms with van der Waals surface area (Å²) in [5.41, 5.74) is 1.00. The van der Waals surface area contributed by atoms with Crippen LogP contribution in [0.1, 0.15) is 12.0 Å². The van der Waals surface area contributed by atoms with Crippen molar-refractivity contribution in [3.63, 3.8) is 0 Å². The summed E-state index contributed by atoms with van der Waals surface area (Å²) in [5, 5.41) is 8.67. The van der Waals surface area contributed by atoms with Crippen LogP contribution >= 0.6 is 0 Å². The van der Waals surface area contributed by atoms with Crippen LogP contribution < -0.4 is 9.47 Å². The summed E-state index contributed by atoms with van der Waals surface area (Å²) >= 11 is 0. The molecule has 0 bridgehead atoms. The molecule has 0 heterocycles. The molecule has 4 nitrogen and oxygen atoms in total. The monoisotopic (exact) mass is 302 g/mol. The second kappa shape index (κ2) is 9.82. The number of rotatable bonds is 10. The molecule has 0 aliphatic rings. The Morgan fingerprint density at radius 1 is 0.773 bits per heavy atom. The van der Waals surface area contributed by atoms with E-state index in [4.69, 9.17) is 19.3 Å². The van der Waals surface area contributed by atoms with Crippen molar-refractivity contribution in [1.82, 2.24) is 0 Å². The molecule has 2 rings (SSSR count). The number of aliphatic hydroxyl groups excluding tert-OH is 1. The molecule has 0 aromatic heterocycles. The van der Waals surface area contributed by atoms with Crippen LogP contribution in [-0.4, -0.2) is 31.5 Å². The second-order valence-electron chi connectivity index (χ2n) is 4.75. The molecule has 2 aromatic rings. The average molecular weight is 302 g/mol. The van der Waals surface area contributed by atoms with E-state index < -0.39 is 0 Å². The summed E-state index contributed by atoms with van der Waals surface area (Å²) in [4.78, 5) is 0. The molecule has 0 spiro atoms. The molecule has 0 unspecified atom stereocenters. The number of ether oxygens (including phenoxy) is 3. The third kappa shape index (κ3) is 5.76. The highest BCUT2D eigenvalue weighted by atomic mass is 16.5. The van der Waals surface area contributed by atoms with Gasteiger partial charge in [-0.1, -0.05) is 36.4 Å². The van der Waals surface area contributed by atoms with Crippen LogP contribution in [0.5, 0.6) is 11.5 Å². The smallest absolute Gasteiger partial charge is 0.126 e. The predicted octanol–water partition coefficient (Wildman–Crippen LogP) is 3.04. The summed E-state index contributed by atoms with van der Waals surface area (Å²) in [6, 6.07) is 17.5. The van der Waals surface area contributed by atoms with Crippen LogP contribution in [0, 0.1) is 0 Å². The fraction of sp³-hybridized carbons (Fsp3) is 0.333. The molecule has 1 N–H and O–H groups in total. The Labute approximate surface area is 131 Å². The Bertz CT molecular complexity index is 528. The topological polar surface area (TPSA) is 47.9 Å². The standard InChI is InChI=1S/C18H22O4/c19-11-6-12-20-13-14-21-18-10-5-4-7-16(18)15-22-17-8-2-1-3-9-17/h1-5,7-10,19H,6,11-15H2. The van der Waals surface area contributed by atoms with Crippen LogP contribution in [0.3, 0.4) is 0 Å².